The van der Waals surface area contributed by atoms with Crippen LogP contribution >= 0.6 is 34.8 Å². The molecule has 1 heterocycles. The minimum absolute atomic E-state index is 0.0137. The van der Waals surface area contributed by atoms with Crippen molar-refractivity contribution in [1.29, 1.82) is 0 Å². The number of nitrogens with zero attached hydrogens (tertiary/aromatic N) is 1. The summed E-state index contributed by atoms with van der Waals surface area (Å²) in [5.41, 5.74) is 3.11. The number of hydrogen-bond donors (Lipinski definition) is 3. The molecule has 4 aromatic rings. The lowest BCUT2D eigenvalue weighted by molar-refractivity contribution is 0.0696. The van der Waals surface area contributed by atoms with Gasteiger partial charge in [-0.25, -0.2) is 9.59 Å². The van der Waals surface area contributed by atoms with Gasteiger partial charge in [-0.2, -0.15) is 0 Å². The Kier molecular flexibility index (Phi) is 8.93. The summed E-state index contributed by atoms with van der Waals surface area (Å²) in [6, 6.07) is 14.3. The van der Waals surface area contributed by atoms with Gasteiger partial charge in [0.15, 0.2) is 0 Å². The number of amides is 2. The van der Waals surface area contributed by atoms with Crippen molar-refractivity contribution in [3.8, 4) is 28.8 Å². The number of aromatic nitrogens is 1. The molecular weight excluding hydrogens is 601 g/mol. The number of hydrogen-bond acceptors (Lipinski definition) is 5. The van der Waals surface area contributed by atoms with E-state index in [9.17, 15) is 14.7 Å². The molecule has 0 saturated heterocycles. The van der Waals surface area contributed by atoms with E-state index >= 15 is 0 Å². The molecular formula is C31H24Cl3N3O5. The normalized spacial score (nSPS) is 12.3. The number of benzene rings is 3. The summed E-state index contributed by atoms with van der Waals surface area (Å²) in [4.78, 5) is 23.5. The maximum Gasteiger partial charge on any atom is 0.335 e. The number of halogens is 3. The van der Waals surface area contributed by atoms with Crippen LogP contribution in [0.25, 0.3) is 11.3 Å². The van der Waals surface area contributed by atoms with Crippen molar-refractivity contribution < 1.29 is 24.0 Å². The number of nitrogens with one attached hydrogen (secondary N) is 2. The second-order valence-electron chi connectivity index (χ2n) is 9.51. The Morgan fingerprint density at radius 3 is 2.48 bits per heavy atom. The van der Waals surface area contributed by atoms with Crippen LogP contribution in [-0.2, 0) is 6.61 Å². The largest absolute Gasteiger partial charge is 0.489 e. The number of anilines is 1. The van der Waals surface area contributed by atoms with Crippen molar-refractivity contribution >= 4 is 52.5 Å². The highest BCUT2D eigenvalue weighted by atomic mass is 35.5. The van der Waals surface area contributed by atoms with Crippen molar-refractivity contribution in [3.63, 3.8) is 0 Å². The minimum atomic E-state index is -1.14. The van der Waals surface area contributed by atoms with E-state index in [4.69, 9.17) is 44.1 Å². The van der Waals surface area contributed by atoms with Crippen molar-refractivity contribution in [1.82, 2.24) is 10.5 Å². The Balaban J connectivity index is 1.36. The van der Waals surface area contributed by atoms with Gasteiger partial charge in [0.05, 0.1) is 26.2 Å². The number of urea groups is 1. The Morgan fingerprint density at radius 1 is 1.05 bits per heavy atom. The first kappa shape index (κ1) is 29.3. The van der Waals surface area contributed by atoms with Gasteiger partial charge in [0, 0.05) is 40.9 Å². The fourth-order valence-electron chi connectivity index (χ4n) is 4.26. The van der Waals surface area contributed by atoms with Crippen LogP contribution in [0.15, 0.2) is 59.1 Å². The van der Waals surface area contributed by atoms with Gasteiger partial charge in [0.2, 0.25) is 0 Å². The molecule has 1 fully saturated rings. The summed E-state index contributed by atoms with van der Waals surface area (Å²) in [6.07, 6.45) is 2.02. The molecule has 3 N–H and O–H groups in total. The van der Waals surface area contributed by atoms with E-state index in [2.05, 4.69) is 27.6 Å². The van der Waals surface area contributed by atoms with Gasteiger partial charge in [-0.3, -0.25) is 0 Å². The quantitative estimate of drug-likeness (QED) is 0.171. The van der Waals surface area contributed by atoms with E-state index < -0.39 is 12.0 Å². The zero-order valence-corrected chi connectivity index (χ0v) is 24.5. The Bertz CT molecular complexity index is 1720. The predicted molar refractivity (Wildman–Crippen MR) is 162 cm³/mol. The van der Waals surface area contributed by atoms with E-state index in [0.29, 0.717) is 55.4 Å². The monoisotopic (exact) mass is 623 g/mol. The summed E-state index contributed by atoms with van der Waals surface area (Å²) in [7, 11) is 0. The lowest BCUT2D eigenvalue weighted by Gasteiger charge is -2.10. The molecule has 1 aliphatic rings. The van der Waals surface area contributed by atoms with Crippen LogP contribution in [0.2, 0.25) is 15.1 Å². The molecule has 0 aliphatic heterocycles. The summed E-state index contributed by atoms with van der Waals surface area (Å²) >= 11 is 19.4. The van der Waals surface area contributed by atoms with Crippen LogP contribution in [0.1, 0.15) is 58.5 Å². The first-order valence-corrected chi connectivity index (χ1v) is 14.2. The van der Waals surface area contributed by atoms with Crippen LogP contribution in [0, 0.1) is 11.8 Å². The van der Waals surface area contributed by atoms with Crippen LogP contribution in [0.4, 0.5) is 10.5 Å². The summed E-state index contributed by atoms with van der Waals surface area (Å²) in [6.45, 7) is 2.36. The second kappa shape index (κ2) is 12.8. The topological polar surface area (TPSA) is 114 Å². The maximum absolute atomic E-state index is 11.9. The zero-order valence-electron chi connectivity index (χ0n) is 22.3. The SMILES string of the molecule is CCNC(=O)Nc1cc(C#Cc2ccc(OCc3c(-c4c(Cl)cccc4Cl)noc3C3CC3)cc2Cl)cc(C(=O)O)c1. The number of ether oxygens (including phenoxy) is 1. The molecule has 0 bridgehead atoms. The third-order valence-electron chi connectivity index (χ3n) is 6.41. The van der Waals surface area contributed by atoms with Crippen LogP contribution < -0.4 is 15.4 Å². The van der Waals surface area contributed by atoms with Crippen molar-refractivity contribution in [2.45, 2.75) is 32.3 Å². The minimum Gasteiger partial charge on any atom is -0.489 e. The molecule has 1 aliphatic carbocycles. The number of aromatic carboxylic acids is 1. The third kappa shape index (κ3) is 6.82. The standard InChI is InChI=1S/C31H24Cl3N3O5/c1-2-35-31(40)36-21-13-17(12-20(14-21)30(38)39)6-7-18-10-11-22(15-26(18)34)41-16-23-28(37-42-29(23)19-8-9-19)27-24(32)4-3-5-25(27)33/h3-5,10-15,19H,2,8-9,16H2,1H3,(H,38,39)(H2,35,36,40). The smallest absolute Gasteiger partial charge is 0.335 e. The first-order chi connectivity index (χ1) is 20.2. The van der Waals surface area contributed by atoms with Gasteiger partial charge >= 0.3 is 12.0 Å². The molecule has 5 rings (SSSR count). The number of rotatable bonds is 8. The lowest BCUT2D eigenvalue weighted by atomic mass is 10.0. The highest BCUT2D eigenvalue weighted by Gasteiger charge is 2.33. The molecule has 11 heteroatoms. The zero-order chi connectivity index (χ0) is 29.8. The van der Waals surface area contributed by atoms with E-state index in [1.165, 1.54) is 12.1 Å². The van der Waals surface area contributed by atoms with Crippen molar-refractivity contribution in [2.75, 3.05) is 11.9 Å². The molecule has 0 spiro atoms. The maximum atomic E-state index is 11.9. The third-order valence-corrected chi connectivity index (χ3v) is 7.35. The van der Waals surface area contributed by atoms with Gasteiger partial charge < -0.3 is 25.0 Å². The lowest BCUT2D eigenvalue weighted by Crippen LogP contribution is -2.28. The molecule has 214 valence electrons. The molecule has 2 amide bonds. The molecule has 1 aromatic heterocycles. The molecule has 3 aromatic carbocycles. The van der Waals surface area contributed by atoms with Crippen LogP contribution in [-0.4, -0.2) is 28.8 Å². The Morgan fingerprint density at radius 2 is 1.81 bits per heavy atom. The fourth-order valence-corrected chi connectivity index (χ4v) is 5.06. The highest BCUT2D eigenvalue weighted by molar-refractivity contribution is 6.39. The van der Waals surface area contributed by atoms with Gasteiger partial charge in [-0.15, -0.1) is 0 Å². The summed E-state index contributed by atoms with van der Waals surface area (Å²) in [5.74, 6) is 6.29. The van der Waals surface area contributed by atoms with Gasteiger partial charge in [-0.05, 0) is 62.2 Å². The highest BCUT2D eigenvalue weighted by Crippen LogP contribution is 2.46. The average molecular weight is 625 g/mol. The number of carboxylic acid groups (broad SMARTS) is 1. The van der Waals surface area contributed by atoms with Crippen molar-refractivity contribution in [2.24, 2.45) is 0 Å². The number of carbonyl (C=O) groups is 2. The Hall–Kier alpha value is -4.16. The first-order valence-electron chi connectivity index (χ1n) is 13.0. The van der Waals surface area contributed by atoms with E-state index in [0.717, 1.165) is 24.2 Å². The van der Waals surface area contributed by atoms with E-state index in [1.807, 2.05) is 0 Å². The summed E-state index contributed by atoms with van der Waals surface area (Å²) < 4.78 is 11.8. The van der Waals surface area contributed by atoms with Gasteiger partial charge in [0.25, 0.3) is 0 Å². The summed E-state index contributed by atoms with van der Waals surface area (Å²) in [5, 5.41) is 20.2. The number of carboxylic acids is 1. The molecule has 42 heavy (non-hydrogen) atoms. The van der Waals surface area contributed by atoms with Crippen molar-refractivity contribution in [3.05, 3.63) is 97.7 Å². The second-order valence-corrected chi connectivity index (χ2v) is 10.7. The number of carbonyl (C=O) groups excluding carboxylic acids is 1. The van der Waals surface area contributed by atoms with Gasteiger partial charge in [-0.1, -0.05) is 57.9 Å². The van der Waals surface area contributed by atoms with E-state index in [1.54, 1.807) is 49.4 Å². The fraction of sp³-hybridized carbons (Fsp3) is 0.194. The molecule has 0 radical (unpaired) electrons. The van der Waals surface area contributed by atoms with Crippen LogP contribution in [0.3, 0.4) is 0 Å². The van der Waals surface area contributed by atoms with Crippen LogP contribution in [0.5, 0.6) is 5.75 Å². The molecule has 8 nitrogen and oxygen atoms in total. The predicted octanol–water partition coefficient (Wildman–Crippen LogP) is 8.00. The molecule has 1 saturated carbocycles. The molecule has 0 atom stereocenters. The van der Waals surface area contributed by atoms with E-state index in [-0.39, 0.29) is 18.1 Å². The molecule has 0 unspecified atom stereocenters. The van der Waals surface area contributed by atoms with Gasteiger partial charge in [0.1, 0.15) is 23.8 Å². The Labute approximate surface area is 256 Å². The average Bonchev–Trinajstić information content (AvgIpc) is 3.71.